The molecule has 1 aromatic carbocycles. The Kier molecular flexibility index (Phi) is 5.66. The standard InChI is InChI=1S/C16H24N4O2/c1-20-8-6-12(7-9-20)11-18-16(17)19-14-10-13(21-2)4-5-15(14)22-3/h4-6,10H,7-9,11H2,1-3H3,(H3,17,18,19). The quantitative estimate of drug-likeness (QED) is 0.492. The first-order valence-electron chi connectivity index (χ1n) is 7.27. The highest BCUT2D eigenvalue weighted by Gasteiger charge is 2.08. The van der Waals surface area contributed by atoms with Crippen LogP contribution in [0.5, 0.6) is 11.5 Å². The molecule has 1 heterocycles. The molecular formula is C16H24N4O2. The molecule has 0 amide bonds. The lowest BCUT2D eigenvalue weighted by Crippen LogP contribution is -2.26. The van der Waals surface area contributed by atoms with E-state index in [0.717, 1.165) is 30.9 Å². The van der Waals surface area contributed by atoms with E-state index in [1.54, 1.807) is 14.2 Å². The van der Waals surface area contributed by atoms with Crippen molar-refractivity contribution >= 4 is 11.6 Å². The summed E-state index contributed by atoms with van der Waals surface area (Å²) < 4.78 is 10.5. The molecule has 3 N–H and O–H groups in total. The minimum atomic E-state index is 0.367. The van der Waals surface area contributed by atoms with Crippen LogP contribution in [0.1, 0.15) is 6.42 Å². The van der Waals surface area contributed by atoms with E-state index in [1.165, 1.54) is 5.57 Å². The molecule has 2 rings (SSSR count). The van der Waals surface area contributed by atoms with Gasteiger partial charge in [0.1, 0.15) is 11.5 Å². The zero-order valence-electron chi connectivity index (χ0n) is 13.4. The number of methoxy groups -OCH3 is 2. The number of hydrogen-bond donors (Lipinski definition) is 2. The highest BCUT2D eigenvalue weighted by Crippen LogP contribution is 2.28. The molecule has 0 unspecified atom stereocenters. The van der Waals surface area contributed by atoms with Crippen molar-refractivity contribution in [2.45, 2.75) is 6.42 Å². The van der Waals surface area contributed by atoms with Crippen molar-refractivity contribution in [3.8, 4) is 11.5 Å². The van der Waals surface area contributed by atoms with Crippen molar-refractivity contribution in [3.63, 3.8) is 0 Å². The summed E-state index contributed by atoms with van der Waals surface area (Å²) >= 11 is 0. The molecule has 1 aliphatic rings. The van der Waals surface area contributed by atoms with Gasteiger partial charge in [0.05, 0.1) is 26.5 Å². The predicted molar refractivity (Wildman–Crippen MR) is 89.9 cm³/mol. The van der Waals surface area contributed by atoms with Crippen molar-refractivity contribution in [2.24, 2.45) is 10.7 Å². The van der Waals surface area contributed by atoms with Crippen LogP contribution in [0.25, 0.3) is 0 Å². The van der Waals surface area contributed by atoms with Gasteiger partial charge in [-0.25, -0.2) is 4.99 Å². The second-order valence-electron chi connectivity index (χ2n) is 5.27. The fourth-order valence-corrected chi connectivity index (χ4v) is 2.23. The molecule has 0 radical (unpaired) electrons. The number of likely N-dealkylation sites (N-methyl/N-ethyl adjacent to an activating group) is 1. The van der Waals surface area contributed by atoms with E-state index in [9.17, 15) is 0 Å². The van der Waals surface area contributed by atoms with E-state index in [2.05, 4.69) is 28.3 Å². The van der Waals surface area contributed by atoms with Crippen LogP contribution < -0.4 is 20.5 Å². The molecule has 0 saturated heterocycles. The first kappa shape index (κ1) is 16.2. The molecule has 0 fully saturated rings. The van der Waals surface area contributed by atoms with Crippen LogP contribution in [0, 0.1) is 0 Å². The Bertz CT molecular complexity index is 569. The van der Waals surface area contributed by atoms with Gasteiger partial charge in [-0.2, -0.15) is 0 Å². The molecular weight excluding hydrogens is 280 g/mol. The Hall–Kier alpha value is -2.21. The predicted octanol–water partition coefficient (Wildman–Crippen LogP) is 1.69. The third-order valence-electron chi connectivity index (χ3n) is 3.63. The summed E-state index contributed by atoms with van der Waals surface area (Å²) in [6.45, 7) is 2.67. The van der Waals surface area contributed by atoms with Crippen LogP contribution in [0.15, 0.2) is 34.8 Å². The van der Waals surface area contributed by atoms with Gasteiger partial charge >= 0.3 is 0 Å². The Morgan fingerprint density at radius 2 is 2.18 bits per heavy atom. The average molecular weight is 304 g/mol. The summed E-state index contributed by atoms with van der Waals surface area (Å²) in [4.78, 5) is 6.67. The number of rotatable bonds is 5. The molecule has 1 aliphatic heterocycles. The SMILES string of the molecule is COc1ccc(OC)c(NC(N)=NCC2=CCN(C)CC2)c1. The molecule has 0 atom stereocenters. The fourth-order valence-electron chi connectivity index (χ4n) is 2.23. The van der Waals surface area contributed by atoms with E-state index in [1.807, 2.05) is 18.2 Å². The van der Waals surface area contributed by atoms with E-state index in [-0.39, 0.29) is 0 Å². The minimum absolute atomic E-state index is 0.367. The molecule has 0 saturated carbocycles. The molecule has 6 heteroatoms. The van der Waals surface area contributed by atoms with Gasteiger partial charge in [-0.15, -0.1) is 0 Å². The van der Waals surface area contributed by atoms with Gasteiger partial charge in [-0.05, 0) is 25.6 Å². The maximum atomic E-state index is 5.97. The van der Waals surface area contributed by atoms with Gasteiger partial charge in [0.25, 0.3) is 0 Å². The number of nitrogens with zero attached hydrogens (tertiary/aromatic N) is 2. The van der Waals surface area contributed by atoms with Crippen LogP contribution in [0.3, 0.4) is 0 Å². The van der Waals surface area contributed by atoms with Crippen LogP contribution in [0.4, 0.5) is 5.69 Å². The lowest BCUT2D eigenvalue weighted by Gasteiger charge is -2.21. The fraction of sp³-hybridized carbons (Fsp3) is 0.438. The van der Waals surface area contributed by atoms with Crippen LogP contribution in [-0.2, 0) is 0 Å². The number of aliphatic imine (C=N–C) groups is 1. The highest BCUT2D eigenvalue weighted by molar-refractivity contribution is 5.94. The minimum Gasteiger partial charge on any atom is -0.497 e. The molecule has 0 aliphatic carbocycles. The van der Waals surface area contributed by atoms with Crippen LogP contribution >= 0.6 is 0 Å². The second kappa shape index (κ2) is 7.70. The lowest BCUT2D eigenvalue weighted by molar-refractivity contribution is 0.358. The number of hydrogen-bond acceptors (Lipinski definition) is 4. The van der Waals surface area contributed by atoms with E-state index < -0.39 is 0 Å². The van der Waals surface area contributed by atoms with Crippen molar-refractivity contribution < 1.29 is 9.47 Å². The Morgan fingerprint density at radius 1 is 1.36 bits per heavy atom. The molecule has 0 aromatic heterocycles. The average Bonchev–Trinajstić information content (AvgIpc) is 2.54. The zero-order valence-corrected chi connectivity index (χ0v) is 13.4. The summed E-state index contributed by atoms with van der Waals surface area (Å²) in [6.07, 6.45) is 3.25. The third-order valence-corrected chi connectivity index (χ3v) is 3.63. The summed E-state index contributed by atoms with van der Waals surface area (Å²) in [5.41, 5.74) is 8.03. The monoisotopic (exact) mass is 304 g/mol. The highest BCUT2D eigenvalue weighted by atomic mass is 16.5. The molecule has 6 nitrogen and oxygen atoms in total. The summed E-state index contributed by atoms with van der Waals surface area (Å²) in [7, 11) is 5.35. The maximum Gasteiger partial charge on any atom is 0.193 e. The number of ether oxygens (including phenoxy) is 2. The van der Waals surface area contributed by atoms with Crippen molar-refractivity contribution in [3.05, 3.63) is 29.8 Å². The van der Waals surface area contributed by atoms with Gasteiger partial charge in [0.2, 0.25) is 0 Å². The number of nitrogens with one attached hydrogen (secondary N) is 1. The summed E-state index contributed by atoms with van der Waals surface area (Å²) in [5, 5.41) is 3.07. The van der Waals surface area contributed by atoms with Crippen LogP contribution in [-0.4, -0.2) is 51.8 Å². The Morgan fingerprint density at radius 3 is 2.82 bits per heavy atom. The van der Waals surface area contributed by atoms with Gasteiger partial charge in [0, 0.05) is 19.2 Å². The molecule has 120 valence electrons. The summed E-state index contributed by atoms with van der Waals surface area (Å²) in [5.74, 6) is 1.79. The number of benzene rings is 1. The van der Waals surface area contributed by atoms with Gasteiger partial charge in [0.15, 0.2) is 5.96 Å². The normalized spacial score (nSPS) is 16.1. The first-order valence-corrected chi connectivity index (χ1v) is 7.27. The number of anilines is 1. The van der Waals surface area contributed by atoms with E-state index in [4.69, 9.17) is 15.2 Å². The van der Waals surface area contributed by atoms with Crippen molar-refractivity contribution in [1.82, 2.24) is 4.90 Å². The topological polar surface area (TPSA) is 72.1 Å². The number of guanidine groups is 1. The Labute approximate surface area is 131 Å². The molecule has 1 aromatic rings. The molecule has 0 bridgehead atoms. The third kappa shape index (κ3) is 4.39. The largest absolute Gasteiger partial charge is 0.497 e. The van der Waals surface area contributed by atoms with E-state index in [0.29, 0.717) is 18.3 Å². The first-order chi connectivity index (χ1) is 10.6. The molecule has 0 spiro atoms. The van der Waals surface area contributed by atoms with Gasteiger partial charge < -0.3 is 25.4 Å². The second-order valence-corrected chi connectivity index (χ2v) is 5.27. The maximum absolute atomic E-state index is 5.97. The van der Waals surface area contributed by atoms with Crippen LogP contribution in [0.2, 0.25) is 0 Å². The van der Waals surface area contributed by atoms with E-state index >= 15 is 0 Å². The van der Waals surface area contributed by atoms with Gasteiger partial charge in [-0.3, -0.25) is 0 Å². The number of nitrogens with two attached hydrogens (primary N) is 1. The van der Waals surface area contributed by atoms with Crippen molar-refractivity contribution in [2.75, 3.05) is 46.2 Å². The zero-order chi connectivity index (χ0) is 15.9. The van der Waals surface area contributed by atoms with Crippen molar-refractivity contribution in [1.29, 1.82) is 0 Å². The Balaban J connectivity index is 2.01. The lowest BCUT2D eigenvalue weighted by atomic mass is 10.1. The van der Waals surface area contributed by atoms with Gasteiger partial charge in [-0.1, -0.05) is 11.6 Å². The smallest absolute Gasteiger partial charge is 0.193 e. The summed E-state index contributed by atoms with van der Waals surface area (Å²) in [6, 6.07) is 5.49. The molecule has 22 heavy (non-hydrogen) atoms.